The second kappa shape index (κ2) is 5.41. The summed E-state index contributed by atoms with van der Waals surface area (Å²) in [6, 6.07) is 5.79. The predicted molar refractivity (Wildman–Crippen MR) is 76.6 cm³/mol. The van der Waals surface area contributed by atoms with Gasteiger partial charge < -0.3 is 15.2 Å². The van der Waals surface area contributed by atoms with Gasteiger partial charge in [0, 0.05) is 17.3 Å². The number of nitrogens with one attached hydrogen (secondary N) is 1. The van der Waals surface area contributed by atoms with Gasteiger partial charge in [-0.05, 0) is 43.7 Å². The average molecular weight is 267 g/mol. The molecule has 0 radical (unpaired) electrons. The van der Waals surface area contributed by atoms with Gasteiger partial charge in [0.2, 0.25) is 0 Å². The average Bonchev–Trinajstić information content (AvgIpc) is 3.17. The maximum Gasteiger partial charge on any atom is 0.160 e. The number of hydrogen-bond donors (Lipinski definition) is 2. The number of hydrogen-bond acceptors (Lipinski definition) is 4. The fourth-order valence-corrected chi connectivity index (χ4v) is 2.75. The molecule has 1 aliphatic rings. The smallest absolute Gasteiger partial charge is 0.160 e. The molecule has 1 fully saturated rings. The van der Waals surface area contributed by atoms with E-state index in [9.17, 15) is 5.11 Å². The summed E-state index contributed by atoms with van der Waals surface area (Å²) in [4.78, 5) is 0. The van der Waals surface area contributed by atoms with E-state index in [4.69, 9.17) is 4.74 Å². The van der Waals surface area contributed by atoms with E-state index in [0.717, 1.165) is 12.1 Å². The molecular weight excluding hydrogens is 246 g/mol. The zero-order valence-electron chi connectivity index (χ0n) is 11.2. The Hall–Kier alpha value is -0.870. The van der Waals surface area contributed by atoms with Crippen LogP contribution in [0.3, 0.4) is 0 Å². The molecule has 4 heteroatoms. The van der Waals surface area contributed by atoms with Crippen LogP contribution in [-0.4, -0.2) is 29.8 Å². The zero-order valence-corrected chi connectivity index (χ0v) is 12.0. The zero-order chi connectivity index (χ0) is 13.2. The van der Waals surface area contributed by atoms with E-state index in [1.165, 1.54) is 12.8 Å². The van der Waals surface area contributed by atoms with Gasteiger partial charge in [0.05, 0.1) is 7.11 Å². The SMILES string of the molecule is COc1cc(C(C)NCC2(SC)CC2)ccc1O. The molecule has 1 saturated carbocycles. The highest BCUT2D eigenvalue weighted by Gasteiger charge is 2.41. The van der Waals surface area contributed by atoms with Crippen molar-refractivity contribution in [3.8, 4) is 11.5 Å². The van der Waals surface area contributed by atoms with Crippen LogP contribution >= 0.6 is 11.8 Å². The van der Waals surface area contributed by atoms with Crippen LogP contribution in [0.5, 0.6) is 11.5 Å². The fraction of sp³-hybridized carbons (Fsp3) is 0.571. The molecule has 1 aromatic carbocycles. The summed E-state index contributed by atoms with van der Waals surface area (Å²) in [5.41, 5.74) is 1.14. The molecule has 1 aromatic rings. The van der Waals surface area contributed by atoms with Gasteiger partial charge in [0.15, 0.2) is 11.5 Å². The molecule has 0 aromatic heterocycles. The molecule has 0 aliphatic heterocycles. The summed E-state index contributed by atoms with van der Waals surface area (Å²) in [5.74, 6) is 0.725. The molecule has 3 nitrogen and oxygen atoms in total. The first kappa shape index (κ1) is 13.6. The summed E-state index contributed by atoms with van der Waals surface area (Å²) < 4.78 is 5.60. The Morgan fingerprint density at radius 1 is 1.50 bits per heavy atom. The first-order chi connectivity index (χ1) is 8.60. The van der Waals surface area contributed by atoms with Crippen LogP contribution in [0, 0.1) is 0 Å². The number of thioether (sulfide) groups is 1. The quantitative estimate of drug-likeness (QED) is 0.831. The van der Waals surface area contributed by atoms with Crippen molar-refractivity contribution in [1.29, 1.82) is 0 Å². The number of phenolic OH excluding ortho intramolecular Hbond substituents is 1. The van der Waals surface area contributed by atoms with Crippen LogP contribution in [0.1, 0.15) is 31.4 Å². The number of phenols is 1. The van der Waals surface area contributed by atoms with Gasteiger partial charge in [-0.3, -0.25) is 0 Å². The molecule has 1 unspecified atom stereocenters. The normalized spacial score (nSPS) is 18.4. The number of benzene rings is 1. The molecule has 0 amide bonds. The standard InChI is InChI=1S/C14H21NO2S/c1-10(15-9-14(18-3)6-7-14)11-4-5-12(16)13(8-11)17-2/h4-5,8,10,15-16H,6-7,9H2,1-3H3. The Labute approximate surface area is 113 Å². The maximum absolute atomic E-state index is 9.58. The number of ether oxygens (including phenoxy) is 1. The van der Waals surface area contributed by atoms with Crippen molar-refractivity contribution in [2.24, 2.45) is 0 Å². The van der Waals surface area contributed by atoms with Gasteiger partial charge in [-0.15, -0.1) is 0 Å². The molecule has 0 bridgehead atoms. The first-order valence-electron chi connectivity index (χ1n) is 6.26. The summed E-state index contributed by atoms with van der Waals surface area (Å²) in [6.07, 6.45) is 4.81. The lowest BCUT2D eigenvalue weighted by atomic mass is 10.1. The largest absolute Gasteiger partial charge is 0.504 e. The minimum absolute atomic E-state index is 0.191. The topological polar surface area (TPSA) is 41.5 Å². The highest BCUT2D eigenvalue weighted by atomic mass is 32.2. The summed E-state index contributed by atoms with van der Waals surface area (Å²) in [5, 5.41) is 13.1. The van der Waals surface area contributed by atoms with Crippen molar-refractivity contribution in [1.82, 2.24) is 5.32 Å². The summed E-state index contributed by atoms with van der Waals surface area (Å²) in [7, 11) is 1.57. The first-order valence-corrected chi connectivity index (χ1v) is 7.48. The molecule has 18 heavy (non-hydrogen) atoms. The van der Waals surface area contributed by atoms with Crippen LogP contribution in [0.15, 0.2) is 18.2 Å². The highest BCUT2D eigenvalue weighted by Crippen LogP contribution is 2.46. The van der Waals surface area contributed by atoms with Crippen LogP contribution in [0.4, 0.5) is 0 Å². The molecule has 2 N–H and O–H groups in total. The minimum atomic E-state index is 0.191. The third-order valence-electron chi connectivity index (χ3n) is 3.67. The van der Waals surface area contributed by atoms with E-state index in [1.807, 2.05) is 23.9 Å². The van der Waals surface area contributed by atoms with E-state index >= 15 is 0 Å². The van der Waals surface area contributed by atoms with Gasteiger partial charge in [0.1, 0.15) is 0 Å². The Bertz CT molecular complexity index is 418. The molecule has 0 saturated heterocycles. The molecule has 0 spiro atoms. The monoisotopic (exact) mass is 267 g/mol. The van der Waals surface area contributed by atoms with Gasteiger partial charge in [-0.2, -0.15) is 11.8 Å². The van der Waals surface area contributed by atoms with Gasteiger partial charge in [0.25, 0.3) is 0 Å². The molecule has 1 aliphatic carbocycles. The van der Waals surface area contributed by atoms with Crippen molar-refractivity contribution in [2.75, 3.05) is 19.9 Å². The Morgan fingerprint density at radius 2 is 2.22 bits per heavy atom. The maximum atomic E-state index is 9.58. The van der Waals surface area contributed by atoms with E-state index < -0.39 is 0 Å². The summed E-state index contributed by atoms with van der Waals surface area (Å²) in [6.45, 7) is 3.18. The molecule has 100 valence electrons. The van der Waals surface area contributed by atoms with Crippen molar-refractivity contribution in [3.05, 3.63) is 23.8 Å². The highest BCUT2D eigenvalue weighted by molar-refractivity contribution is 8.00. The lowest BCUT2D eigenvalue weighted by molar-refractivity contribution is 0.372. The lowest BCUT2D eigenvalue weighted by Gasteiger charge is -2.19. The third-order valence-corrected chi connectivity index (χ3v) is 5.09. The third kappa shape index (κ3) is 2.93. The van der Waals surface area contributed by atoms with Crippen molar-refractivity contribution < 1.29 is 9.84 Å². The van der Waals surface area contributed by atoms with Gasteiger partial charge in [-0.1, -0.05) is 6.07 Å². The Morgan fingerprint density at radius 3 is 2.78 bits per heavy atom. The Balaban J connectivity index is 1.98. The van der Waals surface area contributed by atoms with E-state index in [0.29, 0.717) is 10.5 Å². The minimum Gasteiger partial charge on any atom is -0.504 e. The molecule has 1 atom stereocenters. The predicted octanol–water partition coefficient (Wildman–Crippen LogP) is 2.95. The fourth-order valence-electron chi connectivity index (χ4n) is 2.01. The van der Waals surface area contributed by atoms with Crippen LogP contribution in [0.2, 0.25) is 0 Å². The lowest BCUT2D eigenvalue weighted by Crippen LogP contribution is -2.28. The van der Waals surface area contributed by atoms with Gasteiger partial charge >= 0.3 is 0 Å². The number of aromatic hydroxyl groups is 1. The van der Waals surface area contributed by atoms with E-state index in [2.05, 4.69) is 18.5 Å². The van der Waals surface area contributed by atoms with Gasteiger partial charge in [-0.25, -0.2) is 0 Å². The van der Waals surface area contributed by atoms with Crippen molar-refractivity contribution >= 4 is 11.8 Å². The van der Waals surface area contributed by atoms with Crippen LogP contribution in [0.25, 0.3) is 0 Å². The summed E-state index contributed by atoms with van der Waals surface area (Å²) >= 11 is 1.96. The van der Waals surface area contributed by atoms with Crippen LogP contribution in [-0.2, 0) is 0 Å². The van der Waals surface area contributed by atoms with Crippen LogP contribution < -0.4 is 10.1 Å². The molecule has 2 rings (SSSR count). The number of rotatable bonds is 6. The van der Waals surface area contributed by atoms with E-state index in [1.54, 1.807) is 13.2 Å². The second-order valence-corrected chi connectivity index (χ2v) is 6.20. The second-order valence-electron chi connectivity index (χ2n) is 4.92. The Kier molecular flexibility index (Phi) is 4.07. The van der Waals surface area contributed by atoms with Crippen molar-refractivity contribution in [3.63, 3.8) is 0 Å². The molecule has 0 heterocycles. The van der Waals surface area contributed by atoms with Crippen molar-refractivity contribution in [2.45, 2.75) is 30.6 Å². The number of methoxy groups -OCH3 is 1. The molecular formula is C14H21NO2S. The van der Waals surface area contributed by atoms with E-state index in [-0.39, 0.29) is 11.8 Å².